The Bertz CT molecular complexity index is 602. The van der Waals surface area contributed by atoms with Crippen LogP contribution in [0.2, 0.25) is 10.0 Å². The van der Waals surface area contributed by atoms with Crippen LogP contribution in [-0.2, 0) is 0 Å². The molecule has 1 atom stereocenters. The average molecular weight is 407 g/mol. The van der Waals surface area contributed by atoms with E-state index in [-0.39, 0.29) is 6.04 Å². The average Bonchev–Trinajstić information content (AvgIpc) is 2.38. The molecule has 19 heavy (non-hydrogen) atoms. The maximum absolute atomic E-state index is 6.18. The number of aryl methyl sites for hydroxylation is 1. The Balaban J connectivity index is 2.49. The number of benzene rings is 2. The Morgan fingerprint density at radius 3 is 2.53 bits per heavy atom. The summed E-state index contributed by atoms with van der Waals surface area (Å²) in [5.41, 5.74) is 5.92. The summed E-state index contributed by atoms with van der Waals surface area (Å²) in [7, 11) is 0. The molecule has 0 spiro atoms. The summed E-state index contributed by atoms with van der Waals surface area (Å²) in [5.74, 6) is 5.70. The highest BCUT2D eigenvalue weighted by Gasteiger charge is 2.16. The minimum atomic E-state index is -0.135. The predicted octanol–water partition coefficient (Wildman–Crippen LogP) is 4.46. The standard InChI is InChI=1S/C14H13Cl2IN2/c1-8-2-3-9(6-12(8)16)14(19-18)11-7-10(15)4-5-13(11)17/h2-7,14,19H,18H2,1H3. The van der Waals surface area contributed by atoms with Crippen LogP contribution < -0.4 is 11.3 Å². The van der Waals surface area contributed by atoms with Crippen molar-refractivity contribution in [3.63, 3.8) is 0 Å². The van der Waals surface area contributed by atoms with Gasteiger partial charge in [-0.25, -0.2) is 5.43 Å². The molecule has 100 valence electrons. The molecule has 0 saturated carbocycles. The lowest BCUT2D eigenvalue weighted by atomic mass is 9.98. The van der Waals surface area contributed by atoms with Crippen molar-refractivity contribution in [2.24, 2.45) is 5.84 Å². The zero-order valence-corrected chi connectivity index (χ0v) is 13.9. The normalized spacial score (nSPS) is 12.5. The number of halogens is 3. The van der Waals surface area contributed by atoms with Gasteiger partial charge in [0.1, 0.15) is 0 Å². The van der Waals surface area contributed by atoms with Gasteiger partial charge in [0.15, 0.2) is 0 Å². The maximum atomic E-state index is 6.18. The van der Waals surface area contributed by atoms with Crippen molar-refractivity contribution in [2.75, 3.05) is 0 Å². The molecule has 3 N–H and O–H groups in total. The van der Waals surface area contributed by atoms with E-state index in [0.29, 0.717) is 5.02 Å². The Kier molecular flexibility index (Phi) is 5.09. The molecule has 0 heterocycles. The van der Waals surface area contributed by atoms with Gasteiger partial charge in [-0.15, -0.1) is 0 Å². The van der Waals surface area contributed by atoms with E-state index in [0.717, 1.165) is 25.3 Å². The summed E-state index contributed by atoms with van der Waals surface area (Å²) in [6.07, 6.45) is 0. The molecule has 0 bridgehead atoms. The largest absolute Gasteiger partial charge is 0.271 e. The van der Waals surface area contributed by atoms with Gasteiger partial charge in [-0.1, -0.05) is 35.3 Å². The highest BCUT2D eigenvalue weighted by Crippen LogP contribution is 2.30. The molecule has 2 aromatic carbocycles. The molecule has 5 heteroatoms. The molecule has 0 aliphatic rings. The highest BCUT2D eigenvalue weighted by molar-refractivity contribution is 14.1. The fourth-order valence-electron chi connectivity index (χ4n) is 1.89. The van der Waals surface area contributed by atoms with Crippen LogP contribution >= 0.6 is 45.8 Å². The van der Waals surface area contributed by atoms with Crippen LogP contribution in [0.15, 0.2) is 36.4 Å². The third-order valence-electron chi connectivity index (χ3n) is 2.96. The topological polar surface area (TPSA) is 38.0 Å². The second-order valence-corrected chi connectivity index (χ2v) is 6.28. The molecule has 0 aliphatic heterocycles. The summed E-state index contributed by atoms with van der Waals surface area (Å²) in [6, 6.07) is 11.5. The minimum absolute atomic E-state index is 0.135. The van der Waals surface area contributed by atoms with E-state index in [2.05, 4.69) is 28.0 Å². The monoisotopic (exact) mass is 406 g/mol. The van der Waals surface area contributed by atoms with Crippen LogP contribution in [0.3, 0.4) is 0 Å². The first-order chi connectivity index (χ1) is 9.02. The number of nitrogens with one attached hydrogen (secondary N) is 1. The number of hydrazine groups is 1. The molecule has 2 aromatic rings. The van der Waals surface area contributed by atoms with Gasteiger partial charge in [-0.3, -0.25) is 5.84 Å². The van der Waals surface area contributed by atoms with Crippen LogP contribution in [0.5, 0.6) is 0 Å². The van der Waals surface area contributed by atoms with Crippen LogP contribution in [-0.4, -0.2) is 0 Å². The SMILES string of the molecule is Cc1ccc(C(NN)c2cc(Cl)ccc2I)cc1Cl. The molecule has 0 aromatic heterocycles. The van der Waals surface area contributed by atoms with Gasteiger partial charge in [-0.05, 0) is 70.5 Å². The third-order valence-corrected chi connectivity index (χ3v) is 4.59. The molecule has 0 amide bonds. The van der Waals surface area contributed by atoms with E-state index in [1.165, 1.54) is 0 Å². The second kappa shape index (κ2) is 6.41. The molecule has 2 nitrogen and oxygen atoms in total. The van der Waals surface area contributed by atoms with Gasteiger partial charge < -0.3 is 0 Å². The van der Waals surface area contributed by atoms with Gasteiger partial charge in [-0.2, -0.15) is 0 Å². The van der Waals surface area contributed by atoms with Crippen molar-refractivity contribution < 1.29 is 0 Å². The molecule has 2 rings (SSSR count). The van der Waals surface area contributed by atoms with E-state index in [4.69, 9.17) is 29.0 Å². The fraction of sp³-hybridized carbons (Fsp3) is 0.143. The fourth-order valence-corrected chi connectivity index (χ4v) is 2.91. The van der Waals surface area contributed by atoms with E-state index in [9.17, 15) is 0 Å². The first-order valence-electron chi connectivity index (χ1n) is 5.70. The predicted molar refractivity (Wildman–Crippen MR) is 89.5 cm³/mol. The van der Waals surface area contributed by atoms with Crippen LogP contribution in [0.1, 0.15) is 22.7 Å². The summed E-state index contributed by atoms with van der Waals surface area (Å²) in [6.45, 7) is 1.97. The number of hydrogen-bond acceptors (Lipinski definition) is 2. The van der Waals surface area contributed by atoms with Gasteiger partial charge in [0.05, 0.1) is 6.04 Å². The Labute approximate surface area is 136 Å². The summed E-state index contributed by atoms with van der Waals surface area (Å²) < 4.78 is 1.10. The zero-order valence-electron chi connectivity index (χ0n) is 10.3. The molecule has 0 aliphatic carbocycles. The Hall–Kier alpha value is -0.330. The number of hydrogen-bond donors (Lipinski definition) is 2. The van der Waals surface area contributed by atoms with Crippen molar-refractivity contribution in [3.05, 3.63) is 66.7 Å². The van der Waals surface area contributed by atoms with Crippen molar-refractivity contribution in [2.45, 2.75) is 13.0 Å². The Morgan fingerprint density at radius 1 is 1.16 bits per heavy atom. The lowest BCUT2D eigenvalue weighted by Crippen LogP contribution is -2.29. The zero-order chi connectivity index (χ0) is 14.0. The van der Waals surface area contributed by atoms with E-state index in [1.54, 1.807) is 0 Å². The molecule has 1 unspecified atom stereocenters. The van der Waals surface area contributed by atoms with Crippen LogP contribution in [0.4, 0.5) is 0 Å². The number of nitrogens with two attached hydrogens (primary N) is 1. The molecular weight excluding hydrogens is 394 g/mol. The molecule has 0 radical (unpaired) electrons. The van der Waals surface area contributed by atoms with Crippen molar-refractivity contribution in [1.82, 2.24) is 5.43 Å². The minimum Gasteiger partial charge on any atom is -0.271 e. The highest BCUT2D eigenvalue weighted by atomic mass is 127. The van der Waals surface area contributed by atoms with Crippen LogP contribution in [0.25, 0.3) is 0 Å². The second-order valence-electron chi connectivity index (χ2n) is 4.27. The maximum Gasteiger partial charge on any atom is 0.0721 e. The van der Waals surface area contributed by atoms with Crippen LogP contribution in [0, 0.1) is 10.5 Å². The van der Waals surface area contributed by atoms with Crippen molar-refractivity contribution in [1.29, 1.82) is 0 Å². The van der Waals surface area contributed by atoms with Gasteiger partial charge in [0.2, 0.25) is 0 Å². The van der Waals surface area contributed by atoms with Crippen molar-refractivity contribution in [3.8, 4) is 0 Å². The smallest absolute Gasteiger partial charge is 0.0721 e. The van der Waals surface area contributed by atoms with Gasteiger partial charge >= 0.3 is 0 Å². The number of rotatable bonds is 3. The van der Waals surface area contributed by atoms with E-state index in [1.807, 2.05) is 43.3 Å². The summed E-state index contributed by atoms with van der Waals surface area (Å²) in [4.78, 5) is 0. The first kappa shape index (κ1) is 15.1. The first-order valence-corrected chi connectivity index (χ1v) is 7.53. The van der Waals surface area contributed by atoms with Gasteiger partial charge in [0.25, 0.3) is 0 Å². The molecule has 0 saturated heterocycles. The lowest BCUT2D eigenvalue weighted by Gasteiger charge is -2.19. The van der Waals surface area contributed by atoms with Crippen molar-refractivity contribution >= 4 is 45.8 Å². The van der Waals surface area contributed by atoms with E-state index < -0.39 is 0 Å². The molecule has 0 fully saturated rings. The summed E-state index contributed by atoms with van der Waals surface area (Å²) in [5, 5.41) is 1.42. The third kappa shape index (κ3) is 3.41. The van der Waals surface area contributed by atoms with Gasteiger partial charge in [0, 0.05) is 13.6 Å². The van der Waals surface area contributed by atoms with E-state index >= 15 is 0 Å². The lowest BCUT2D eigenvalue weighted by molar-refractivity contribution is 0.634. The quantitative estimate of drug-likeness (QED) is 0.448. The summed E-state index contributed by atoms with van der Waals surface area (Å²) >= 11 is 14.5. The Morgan fingerprint density at radius 2 is 1.89 bits per heavy atom. The molecular formula is C14H13Cl2IN2.